The first kappa shape index (κ1) is 15.2. The minimum Gasteiger partial charge on any atom is -0.497 e. The van der Waals surface area contributed by atoms with Crippen LogP contribution in [0.15, 0.2) is 55.1 Å². The zero-order valence-electron chi connectivity index (χ0n) is 13.9. The van der Waals surface area contributed by atoms with Crippen molar-refractivity contribution in [3.63, 3.8) is 0 Å². The Kier molecular flexibility index (Phi) is 3.81. The number of pyridine rings is 1. The van der Waals surface area contributed by atoms with Crippen LogP contribution < -0.4 is 14.8 Å². The molecule has 0 saturated heterocycles. The fourth-order valence-corrected chi connectivity index (χ4v) is 2.91. The van der Waals surface area contributed by atoms with Gasteiger partial charge in [-0.2, -0.15) is 10.1 Å². The smallest absolute Gasteiger partial charge is 0.226 e. The van der Waals surface area contributed by atoms with Crippen molar-refractivity contribution in [3.05, 3.63) is 66.3 Å². The van der Waals surface area contributed by atoms with E-state index in [0.29, 0.717) is 5.95 Å². The number of benzene rings is 1. The summed E-state index contributed by atoms with van der Waals surface area (Å²) in [6.07, 6.45) is 7.18. The van der Waals surface area contributed by atoms with Gasteiger partial charge in [-0.25, -0.2) is 4.68 Å². The second kappa shape index (κ2) is 6.27. The van der Waals surface area contributed by atoms with E-state index in [9.17, 15) is 0 Å². The van der Waals surface area contributed by atoms with Gasteiger partial charge < -0.3 is 14.8 Å². The third-order valence-electron chi connectivity index (χ3n) is 4.14. The molecule has 0 spiro atoms. The van der Waals surface area contributed by atoms with E-state index in [0.717, 1.165) is 28.3 Å². The number of fused-ring (bicyclic) bond motifs is 1. The van der Waals surface area contributed by atoms with Crippen LogP contribution in [-0.4, -0.2) is 34.0 Å². The third kappa shape index (κ3) is 2.69. The lowest BCUT2D eigenvalue weighted by atomic mass is 10.0. The van der Waals surface area contributed by atoms with Crippen molar-refractivity contribution < 1.29 is 9.47 Å². The second-order valence-electron chi connectivity index (χ2n) is 5.53. The Labute approximate surface area is 144 Å². The summed E-state index contributed by atoms with van der Waals surface area (Å²) in [6, 6.07) is 9.51. The van der Waals surface area contributed by atoms with Gasteiger partial charge in [-0.3, -0.25) is 4.98 Å². The van der Waals surface area contributed by atoms with Crippen LogP contribution in [0.4, 0.5) is 5.95 Å². The fourth-order valence-electron chi connectivity index (χ4n) is 2.91. The average molecular weight is 335 g/mol. The molecule has 1 aliphatic heterocycles. The summed E-state index contributed by atoms with van der Waals surface area (Å²) in [7, 11) is 3.28. The molecule has 1 N–H and O–H groups in total. The molecule has 0 unspecified atom stereocenters. The highest BCUT2D eigenvalue weighted by molar-refractivity contribution is 5.76. The van der Waals surface area contributed by atoms with Crippen molar-refractivity contribution in [2.45, 2.75) is 6.04 Å². The molecule has 3 heterocycles. The molecule has 3 aromatic rings. The molecule has 4 rings (SSSR count). The number of methoxy groups -OCH3 is 2. The predicted octanol–water partition coefficient (Wildman–Crippen LogP) is 2.75. The van der Waals surface area contributed by atoms with Crippen molar-refractivity contribution in [3.8, 4) is 11.5 Å². The maximum Gasteiger partial charge on any atom is 0.226 e. The molecule has 7 nitrogen and oxygen atoms in total. The lowest BCUT2D eigenvalue weighted by Gasteiger charge is -2.25. The molecule has 0 bridgehead atoms. The number of hydrogen-bond acceptors (Lipinski definition) is 6. The van der Waals surface area contributed by atoms with E-state index in [4.69, 9.17) is 9.47 Å². The number of nitrogens with one attached hydrogen (secondary N) is 1. The van der Waals surface area contributed by atoms with Crippen LogP contribution in [0.5, 0.6) is 11.5 Å². The maximum absolute atomic E-state index is 5.57. The summed E-state index contributed by atoms with van der Waals surface area (Å²) in [5.74, 6) is 2.14. The highest BCUT2D eigenvalue weighted by atomic mass is 16.5. The van der Waals surface area contributed by atoms with Crippen LogP contribution in [0.25, 0.3) is 5.70 Å². The van der Waals surface area contributed by atoms with Gasteiger partial charge >= 0.3 is 0 Å². The first-order chi connectivity index (χ1) is 12.3. The van der Waals surface area contributed by atoms with Crippen LogP contribution in [0.2, 0.25) is 0 Å². The number of aromatic nitrogens is 4. The van der Waals surface area contributed by atoms with Gasteiger partial charge in [0.05, 0.1) is 14.2 Å². The van der Waals surface area contributed by atoms with E-state index in [2.05, 4.69) is 26.5 Å². The normalized spacial score (nSPS) is 15.8. The molecule has 25 heavy (non-hydrogen) atoms. The molecule has 7 heteroatoms. The molecular weight excluding hydrogens is 318 g/mol. The summed E-state index contributed by atoms with van der Waals surface area (Å²) in [4.78, 5) is 8.50. The van der Waals surface area contributed by atoms with Gasteiger partial charge in [-0.05, 0) is 30.3 Å². The Morgan fingerprint density at radius 1 is 1.16 bits per heavy atom. The lowest BCUT2D eigenvalue weighted by molar-refractivity contribution is 0.387. The topological polar surface area (TPSA) is 74.1 Å². The Balaban J connectivity index is 1.84. The van der Waals surface area contributed by atoms with Crippen LogP contribution in [0, 0.1) is 0 Å². The fraction of sp³-hybridized carbons (Fsp3) is 0.167. The minimum absolute atomic E-state index is 0.158. The molecule has 1 atom stereocenters. The standard InChI is InChI=1S/C18H17N5O2/c1-24-13-5-6-14(17(8-13)25-2)16-9-15(12-4-3-7-19-10-12)22-18-20-11-21-23(16)18/h3-11,16H,1-2H3,(H,20,21,22)/t16-/m0/s1. The van der Waals surface area contributed by atoms with Gasteiger partial charge in [-0.1, -0.05) is 0 Å². The van der Waals surface area contributed by atoms with Crippen LogP contribution >= 0.6 is 0 Å². The largest absolute Gasteiger partial charge is 0.497 e. The van der Waals surface area contributed by atoms with Crippen molar-refractivity contribution in [2.24, 2.45) is 0 Å². The van der Waals surface area contributed by atoms with Gasteiger partial charge in [0.15, 0.2) is 0 Å². The highest BCUT2D eigenvalue weighted by Crippen LogP contribution is 2.37. The SMILES string of the molecule is COc1ccc([C@@H]2C=C(c3cccnc3)Nc3ncnn32)c(OC)c1. The average Bonchev–Trinajstić information content (AvgIpc) is 3.16. The summed E-state index contributed by atoms with van der Waals surface area (Å²) in [5.41, 5.74) is 2.88. The van der Waals surface area contributed by atoms with Gasteiger partial charge in [0, 0.05) is 35.3 Å². The first-order valence-corrected chi connectivity index (χ1v) is 7.81. The monoisotopic (exact) mass is 335 g/mol. The number of ether oxygens (including phenoxy) is 2. The van der Waals surface area contributed by atoms with E-state index >= 15 is 0 Å². The zero-order valence-corrected chi connectivity index (χ0v) is 13.9. The van der Waals surface area contributed by atoms with E-state index in [-0.39, 0.29) is 6.04 Å². The molecule has 1 aliphatic rings. The van der Waals surface area contributed by atoms with Crippen LogP contribution in [0.3, 0.4) is 0 Å². The van der Waals surface area contributed by atoms with Gasteiger partial charge in [-0.15, -0.1) is 0 Å². The molecule has 126 valence electrons. The van der Waals surface area contributed by atoms with Crippen molar-refractivity contribution in [1.29, 1.82) is 0 Å². The summed E-state index contributed by atoms with van der Waals surface area (Å²) in [6.45, 7) is 0. The zero-order chi connectivity index (χ0) is 17.2. The first-order valence-electron chi connectivity index (χ1n) is 7.81. The summed E-state index contributed by atoms with van der Waals surface area (Å²) in [5, 5.41) is 7.65. The molecule has 0 amide bonds. The van der Waals surface area contributed by atoms with Crippen LogP contribution in [-0.2, 0) is 0 Å². The Morgan fingerprint density at radius 2 is 2.08 bits per heavy atom. The Hall–Kier alpha value is -3.35. The van der Waals surface area contributed by atoms with E-state index in [1.807, 2.05) is 41.2 Å². The summed E-state index contributed by atoms with van der Waals surface area (Å²) < 4.78 is 12.7. The molecule has 0 radical (unpaired) electrons. The van der Waals surface area contributed by atoms with E-state index in [1.165, 1.54) is 6.33 Å². The summed E-state index contributed by atoms with van der Waals surface area (Å²) >= 11 is 0. The third-order valence-corrected chi connectivity index (χ3v) is 4.14. The quantitative estimate of drug-likeness (QED) is 0.790. The number of anilines is 1. The minimum atomic E-state index is -0.158. The Morgan fingerprint density at radius 3 is 2.84 bits per heavy atom. The predicted molar refractivity (Wildman–Crippen MR) is 93.5 cm³/mol. The highest BCUT2D eigenvalue weighted by Gasteiger charge is 2.26. The van der Waals surface area contributed by atoms with Crippen molar-refractivity contribution in [1.82, 2.24) is 19.7 Å². The van der Waals surface area contributed by atoms with Crippen molar-refractivity contribution >= 4 is 11.6 Å². The van der Waals surface area contributed by atoms with Gasteiger partial charge in [0.25, 0.3) is 0 Å². The lowest BCUT2D eigenvalue weighted by Crippen LogP contribution is -2.20. The second-order valence-corrected chi connectivity index (χ2v) is 5.53. The number of nitrogens with zero attached hydrogens (tertiary/aromatic N) is 4. The van der Waals surface area contributed by atoms with Gasteiger partial charge in [0.1, 0.15) is 23.9 Å². The van der Waals surface area contributed by atoms with E-state index < -0.39 is 0 Å². The van der Waals surface area contributed by atoms with Crippen LogP contribution in [0.1, 0.15) is 17.2 Å². The number of rotatable bonds is 4. The maximum atomic E-state index is 5.57. The molecule has 1 aromatic carbocycles. The molecular formula is C18H17N5O2. The number of allylic oxidation sites excluding steroid dienone is 1. The van der Waals surface area contributed by atoms with Crippen molar-refractivity contribution in [2.75, 3.05) is 19.5 Å². The molecule has 0 fully saturated rings. The van der Waals surface area contributed by atoms with Gasteiger partial charge in [0.2, 0.25) is 5.95 Å². The molecule has 0 aliphatic carbocycles. The molecule has 2 aromatic heterocycles. The number of hydrogen-bond donors (Lipinski definition) is 1. The molecule has 0 saturated carbocycles. The Bertz CT molecular complexity index is 920. The van der Waals surface area contributed by atoms with E-state index in [1.54, 1.807) is 20.4 Å².